The highest BCUT2D eigenvalue weighted by molar-refractivity contribution is 7.90. The van der Waals surface area contributed by atoms with Crippen molar-refractivity contribution < 1.29 is 13.2 Å². The molecule has 0 aromatic heterocycles. The van der Waals surface area contributed by atoms with Crippen LogP contribution in [0, 0.1) is 5.41 Å². The van der Waals surface area contributed by atoms with Crippen molar-refractivity contribution in [2.24, 2.45) is 9.81 Å². The first kappa shape index (κ1) is 13.2. The quantitative estimate of drug-likeness (QED) is 0.745. The summed E-state index contributed by atoms with van der Waals surface area (Å²) in [5.74, 6) is 0. The summed E-state index contributed by atoms with van der Waals surface area (Å²) in [6, 6.07) is 2.92. The topological polar surface area (TPSA) is 63.6 Å². The highest BCUT2D eigenvalue weighted by atomic mass is 35.5. The van der Waals surface area contributed by atoms with Crippen LogP contribution in [0.25, 0.3) is 0 Å². The van der Waals surface area contributed by atoms with Gasteiger partial charge in [0.1, 0.15) is 4.90 Å². The van der Waals surface area contributed by atoms with Gasteiger partial charge in [-0.1, -0.05) is 32.4 Å². The minimum Gasteiger partial charge on any atom is -0.298 e. The van der Waals surface area contributed by atoms with Crippen molar-refractivity contribution in [3.8, 4) is 0 Å². The minimum atomic E-state index is -3.83. The number of hydrogen-bond acceptors (Lipinski definition) is 3. The summed E-state index contributed by atoms with van der Waals surface area (Å²) in [7, 11) is -3.83. The lowest BCUT2D eigenvalue weighted by Crippen LogP contribution is -2.20. The molecule has 0 spiro atoms. The number of nitrogens with zero attached hydrogens (tertiary/aromatic N) is 1. The second kappa shape index (κ2) is 3.90. The third-order valence-electron chi connectivity index (χ3n) is 2.68. The molecule has 0 bridgehead atoms. The first-order chi connectivity index (χ1) is 8.18. The number of fused-ring (bicyclic) bond motifs is 1. The van der Waals surface area contributed by atoms with E-state index in [0.717, 1.165) is 0 Å². The van der Waals surface area contributed by atoms with Gasteiger partial charge in [0, 0.05) is 16.5 Å². The molecule has 0 saturated carbocycles. The Morgan fingerprint density at radius 1 is 1.28 bits per heavy atom. The molecule has 1 heterocycles. The average molecular weight is 286 g/mol. The Hall–Kier alpha value is -1.20. The van der Waals surface area contributed by atoms with E-state index in [-0.39, 0.29) is 10.5 Å². The number of halogens is 1. The van der Waals surface area contributed by atoms with E-state index in [1.165, 1.54) is 12.1 Å². The zero-order valence-electron chi connectivity index (χ0n) is 10.2. The van der Waals surface area contributed by atoms with E-state index in [9.17, 15) is 13.2 Å². The lowest BCUT2D eigenvalue weighted by Gasteiger charge is -2.19. The Bertz CT molecular complexity index is 669. The van der Waals surface area contributed by atoms with Crippen molar-refractivity contribution in [2.45, 2.75) is 25.7 Å². The summed E-state index contributed by atoms with van der Waals surface area (Å²) >= 11 is 6.07. The van der Waals surface area contributed by atoms with E-state index >= 15 is 0 Å². The molecule has 2 rings (SSSR count). The fourth-order valence-corrected chi connectivity index (χ4v) is 3.77. The molecule has 0 radical (unpaired) electrons. The summed E-state index contributed by atoms with van der Waals surface area (Å²) in [6.07, 6.45) is 0.508. The van der Waals surface area contributed by atoms with Crippen LogP contribution in [0.3, 0.4) is 0 Å². The number of aldehydes is 1. The number of rotatable bonds is 1. The van der Waals surface area contributed by atoms with Crippen molar-refractivity contribution in [3.63, 3.8) is 0 Å². The molecular formula is C12H12ClNO3S. The van der Waals surface area contributed by atoms with Gasteiger partial charge in [-0.25, -0.2) is 0 Å². The molecule has 0 aliphatic carbocycles. The zero-order valence-corrected chi connectivity index (χ0v) is 11.8. The van der Waals surface area contributed by atoms with Crippen molar-refractivity contribution in [3.05, 3.63) is 28.3 Å². The Morgan fingerprint density at radius 2 is 1.89 bits per heavy atom. The number of sulfonamides is 1. The summed E-state index contributed by atoms with van der Waals surface area (Å²) in [6.45, 7) is 5.54. The monoisotopic (exact) mass is 285 g/mol. The second-order valence-corrected chi connectivity index (χ2v) is 7.07. The first-order valence-corrected chi connectivity index (χ1v) is 7.14. The molecule has 18 heavy (non-hydrogen) atoms. The average Bonchev–Trinajstić information content (AvgIpc) is 2.53. The third-order valence-corrected chi connectivity index (χ3v) is 4.37. The molecule has 1 aromatic rings. The summed E-state index contributed by atoms with van der Waals surface area (Å²) in [5.41, 5.74) is 0.376. The molecule has 1 aliphatic heterocycles. The maximum Gasteiger partial charge on any atom is 0.284 e. The number of hydrogen-bond donors (Lipinski definition) is 0. The van der Waals surface area contributed by atoms with Crippen LogP contribution in [0.4, 0.5) is 0 Å². The largest absolute Gasteiger partial charge is 0.298 e. The van der Waals surface area contributed by atoms with Gasteiger partial charge in [-0.15, -0.1) is 0 Å². The first-order valence-electron chi connectivity index (χ1n) is 5.32. The van der Waals surface area contributed by atoms with Crippen molar-refractivity contribution in [2.75, 3.05) is 0 Å². The van der Waals surface area contributed by atoms with Crippen LogP contribution in [0.2, 0.25) is 5.02 Å². The fraction of sp³-hybridized carbons (Fsp3) is 0.333. The zero-order chi connectivity index (χ0) is 13.7. The summed E-state index contributed by atoms with van der Waals surface area (Å²) < 4.78 is 27.8. The maximum atomic E-state index is 12.0. The van der Waals surface area contributed by atoms with E-state index in [0.29, 0.717) is 22.6 Å². The van der Waals surface area contributed by atoms with Crippen LogP contribution >= 0.6 is 11.6 Å². The van der Waals surface area contributed by atoms with Gasteiger partial charge in [0.2, 0.25) is 0 Å². The van der Waals surface area contributed by atoms with E-state index in [1.807, 2.05) is 20.8 Å². The minimum absolute atomic E-state index is 0.0741. The molecule has 0 atom stereocenters. The summed E-state index contributed by atoms with van der Waals surface area (Å²) in [5, 5.41) is 0.297. The van der Waals surface area contributed by atoms with E-state index in [1.54, 1.807) is 0 Å². The van der Waals surface area contributed by atoms with E-state index < -0.39 is 15.4 Å². The van der Waals surface area contributed by atoms with Crippen LogP contribution in [0.1, 0.15) is 36.7 Å². The Balaban J connectivity index is 2.91. The maximum absolute atomic E-state index is 12.0. The molecule has 0 N–H and O–H groups in total. The smallest absolute Gasteiger partial charge is 0.284 e. The van der Waals surface area contributed by atoms with Crippen LogP contribution in [0.5, 0.6) is 0 Å². The van der Waals surface area contributed by atoms with Crippen molar-refractivity contribution >= 4 is 33.6 Å². The predicted octanol–water partition coefficient (Wildman–Crippen LogP) is 2.69. The van der Waals surface area contributed by atoms with Crippen molar-refractivity contribution in [1.82, 2.24) is 0 Å². The van der Waals surface area contributed by atoms with Gasteiger partial charge in [-0.2, -0.15) is 12.8 Å². The number of carbonyl (C=O) groups is 1. The van der Waals surface area contributed by atoms with Gasteiger partial charge in [0.15, 0.2) is 6.29 Å². The van der Waals surface area contributed by atoms with Crippen LogP contribution < -0.4 is 0 Å². The molecule has 4 nitrogen and oxygen atoms in total. The van der Waals surface area contributed by atoms with Gasteiger partial charge in [0.05, 0.1) is 10.7 Å². The molecule has 0 saturated heterocycles. The number of benzene rings is 1. The van der Waals surface area contributed by atoms with E-state index in [2.05, 4.69) is 4.40 Å². The lowest BCUT2D eigenvalue weighted by molar-refractivity contribution is 0.112. The summed E-state index contributed by atoms with van der Waals surface area (Å²) in [4.78, 5) is 10.9. The molecule has 1 aliphatic rings. The molecule has 6 heteroatoms. The van der Waals surface area contributed by atoms with Gasteiger partial charge in [-0.05, 0) is 12.1 Å². The SMILES string of the molecule is CC(C)(C)C1=NS(=O)(=O)c2c(C=O)ccc(Cl)c21. The fourth-order valence-electron chi connectivity index (χ4n) is 1.89. The normalized spacial score (nSPS) is 17.2. The predicted molar refractivity (Wildman–Crippen MR) is 70.0 cm³/mol. The Morgan fingerprint density at radius 3 is 2.39 bits per heavy atom. The third kappa shape index (κ3) is 1.87. The number of carbonyl (C=O) groups excluding carboxylic acids is 1. The standard InChI is InChI=1S/C12H12ClNO3S/c1-12(2,3)11-9-8(13)5-4-7(6-15)10(9)18(16,17)14-11/h4-6H,1-3H3. The van der Waals surface area contributed by atoms with Gasteiger partial charge in [-0.3, -0.25) is 4.79 Å². The van der Waals surface area contributed by atoms with Gasteiger partial charge < -0.3 is 0 Å². The highest BCUT2D eigenvalue weighted by Gasteiger charge is 2.38. The molecule has 0 unspecified atom stereocenters. The van der Waals surface area contributed by atoms with Crippen LogP contribution in [0.15, 0.2) is 21.4 Å². The van der Waals surface area contributed by atoms with Gasteiger partial charge in [0.25, 0.3) is 10.0 Å². The van der Waals surface area contributed by atoms with Gasteiger partial charge >= 0.3 is 0 Å². The lowest BCUT2D eigenvalue weighted by atomic mass is 9.85. The molecular weight excluding hydrogens is 274 g/mol. The van der Waals surface area contributed by atoms with Crippen LogP contribution in [-0.2, 0) is 10.0 Å². The van der Waals surface area contributed by atoms with E-state index in [4.69, 9.17) is 11.6 Å². The highest BCUT2D eigenvalue weighted by Crippen LogP contribution is 2.39. The molecule has 0 amide bonds. The molecule has 1 aromatic carbocycles. The molecule has 96 valence electrons. The Kier molecular flexibility index (Phi) is 2.87. The second-order valence-electron chi connectivity index (χ2n) is 5.12. The Labute approximate surface area is 111 Å². The van der Waals surface area contributed by atoms with Crippen LogP contribution in [-0.4, -0.2) is 20.4 Å². The van der Waals surface area contributed by atoms with Crippen molar-refractivity contribution in [1.29, 1.82) is 0 Å². The molecule has 0 fully saturated rings.